The van der Waals surface area contributed by atoms with Gasteiger partial charge in [-0.1, -0.05) is 58.4 Å². The van der Waals surface area contributed by atoms with Crippen molar-refractivity contribution in [1.29, 1.82) is 0 Å². The number of benzene rings is 3. The lowest BCUT2D eigenvalue weighted by molar-refractivity contribution is 0.0697. The van der Waals surface area contributed by atoms with Crippen molar-refractivity contribution in [3.63, 3.8) is 0 Å². The van der Waals surface area contributed by atoms with E-state index in [1.807, 2.05) is 41.0 Å². The van der Waals surface area contributed by atoms with Crippen molar-refractivity contribution in [3.05, 3.63) is 90.0 Å². The van der Waals surface area contributed by atoms with Crippen molar-refractivity contribution in [2.45, 2.75) is 28.6 Å². The molecule has 10 heteroatoms. The lowest BCUT2D eigenvalue weighted by Gasteiger charge is -2.23. The van der Waals surface area contributed by atoms with Crippen molar-refractivity contribution in [2.24, 2.45) is 0 Å². The Kier molecular flexibility index (Phi) is 7.01. The highest BCUT2D eigenvalue weighted by Gasteiger charge is 2.33. The van der Waals surface area contributed by atoms with Gasteiger partial charge in [0.05, 0.1) is 5.56 Å². The van der Waals surface area contributed by atoms with E-state index in [4.69, 9.17) is 5.11 Å². The molecule has 1 saturated heterocycles. The Hall–Kier alpha value is -3.31. The standard InChI is InChI=1S/C26H24N4O4S2/c31-25(32)20-13-11-19(12-14-20)18-35-26-28-27-24(30(26)22-8-2-1-3-9-22)21-7-6-10-23(17-21)36(33,34)29-15-4-5-16-29/h1-3,6-14,17H,4-5,15-16,18H2,(H-,31,32,33,34). The summed E-state index contributed by atoms with van der Waals surface area (Å²) in [5.41, 5.74) is 2.70. The second kappa shape index (κ2) is 10.4. The van der Waals surface area contributed by atoms with Gasteiger partial charge in [-0.3, -0.25) is 4.57 Å². The number of carbonyl (C=O) groups is 1. The molecular weight excluding hydrogens is 496 g/mol. The second-order valence-corrected chi connectivity index (χ2v) is 11.3. The summed E-state index contributed by atoms with van der Waals surface area (Å²) in [5, 5.41) is 18.6. The largest absolute Gasteiger partial charge is 0.593 e. The number of rotatable bonds is 8. The van der Waals surface area contributed by atoms with Crippen LogP contribution in [0.25, 0.3) is 17.1 Å². The van der Waals surface area contributed by atoms with E-state index in [0.717, 1.165) is 24.1 Å². The molecule has 0 amide bonds. The molecule has 1 N–H and O–H groups in total. The van der Waals surface area contributed by atoms with Crippen LogP contribution in [0.3, 0.4) is 0 Å². The lowest BCUT2D eigenvalue weighted by Crippen LogP contribution is -2.33. The highest BCUT2D eigenvalue weighted by molar-refractivity contribution is 7.98. The molecule has 1 fully saturated rings. The molecule has 0 aliphatic carbocycles. The van der Waals surface area contributed by atoms with Gasteiger partial charge >= 0.3 is 5.97 Å². The van der Waals surface area contributed by atoms with E-state index >= 15 is 0 Å². The number of sulfonamides is 1. The summed E-state index contributed by atoms with van der Waals surface area (Å²) in [6, 6.07) is 23.3. The third kappa shape index (κ3) is 4.98. The van der Waals surface area contributed by atoms with Gasteiger partial charge in [0.25, 0.3) is 0 Å². The Bertz CT molecular complexity index is 1420. The molecule has 1 aromatic heterocycles. The van der Waals surface area contributed by atoms with Gasteiger partial charge in [-0.2, -0.15) is 0 Å². The molecular formula is C26H24N4O4S2. The fraction of sp³-hybridized carbons (Fsp3) is 0.192. The van der Waals surface area contributed by atoms with Crippen LogP contribution >= 0.6 is 11.8 Å². The number of nitrogens with zero attached hydrogens (tertiary/aromatic N) is 4. The highest BCUT2D eigenvalue weighted by Crippen LogP contribution is 2.32. The Labute approximate surface area is 214 Å². The number of aromatic nitrogens is 3. The number of hydrogen-bond donors (Lipinski definition) is 1. The topological polar surface area (TPSA) is 111 Å². The Morgan fingerprint density at radius 2 is 1.69 bits per heavy atom. The molecule has 2 heterocycles. The second-order valence-electron chi connectivity index (χ2n) is 8.41. The monoisotopic (exact) mass is 520 g/mol. The maximum Gasteiger partial charge on any atom is 0.335 e. The van der Waals surface area contributed by atoms with E-state index in [2.05, 4.69) is 10.2 Å². The van der Waals surface area contributed by atoms with Gasteiger partial charge in [-0.25, -0.2) is 4.79 Å². The van der Waals surface area contributed by atoms with Gasteiger partial charge in [0.15, 0.2) is 26.3 Å². The van der Waals surface area contributed by atoms with E-state index in [1.165, 1.54) is 16.1 Å². The Morgan fingerprint density at radius 1 is 0.972 bits per heavy atom. The summed E-state index contributed by atoms with van der Waals surface area (Å²) in [7, 11) is -3.57. The zero-order chi connectivity index (χ0) is 25.1. The molecule has 3 aromatic carbocycles. The average molecular weight is 521 g/mol. The zero-order valence-electron chi connectivity index (χ0n) is 19.3. The van der Waals surface area contributed by atoms with E-state index in [9.17, 15) is 13.6 Å². The summed E-state index contributed by atoms with van der Waals surface area (Å²) in [6.07, 6.45) is 1.75. The molecule has 0 saturated carbocycles. The summed E-state index contributed by atoms with van der Waals surface area (Å²) in [4.78, 5) is 11.4. The first kappa shape index (κ1) is 24.4. The van der Waals surface area contributed by atoms with Crippen LogP contribution in [-0.4, -0.2) is 47.8 Å². The number of hydrogen-bond acceptors (Lipinski definition) is 6. The zero-order valence-corrected chi connectivity index (χ0v) is 21.0. The van der Waals surface area contributed by atoms with Gasteiger partial charge < -0.3 is 9.66 Å². The first-order valence-electron chi connectivity index (χ1n) is 11.5. The molecule has 0 bridgehead atoms. The molecule has 0 radical (unpaired) electrons. The maximum atomic E-state index is 13.1. The lowest BCUT2D eigenvalue weighted by atomic mass is 10.1. The molecule has 1 aliphatic rings. The molecule has 36 heavy (non-hydrogen) atoms. The third-order valence-electron chi connectivity index (χ3n) is 6.01. The Morgan fingerprint density at radius 3 is 2.39 bits per heavy atom. The van der Waals surface area contributed by atoms with Gasteiger partial charge in [-0.05, 0) is 48.7 Å². The van der Waals surface area contributed by atoms with Crippen molar-refractivity contribution in [1.82, 2.24) is 19.1 Å². The van der Waals surface area contributed by atoms with Crippen molar-refractivity contribution < 1.29 is 18.7 Å². The molecule has 1 unspecified atom stereocenters. The van der Waals surface area contributed by atoms with Crippen LogP contribution in [-0.2, 0) is 20.4 Å². The van der Waals surface area contributed by atoms with Crippen LogP contribution in [0, 0.1) is 0 Å². The molecule has 0 spiro atoms. The average Bonchev–Trinajstić information content (AvgIpc) is 3.59. The number of para-hydroxylation sites is 1. The molecule has 1 aliphatic heterocycles. The van der Waals surface area contributed by atoms with E-state index in [0.29, 0.717) is 35.4 Å². The first-order valence-corrected chi connectivity index (χ1v) is 13.9. The fourth-order valence-corrected chi connectivity index (χ4v) is 6.60. The van der Waals surface area contributed by atoms with Crippen LogP contribution in [0.15, 0.2) is 88.9 Å². The van der Waals surface area contributed by atoms with Crippen LogP contribution < -0.4 is 0 Å². The molecule has 5 rings (SSSR count). The van der Waals surface area contributed by atoms with Crippen molar-refractivity contribution in [2.75, 3.05) is 13.1 Å². The summed E-state index contributed by atoms with van der Waals surface area (Å²) in [5.74, 6) is 0.147. The summed E-state index contributed by atoms with van der Waals surface area (Å²) >= 11 is 1.47. The van der Waals surface area contributed by atoms with Gasteiger partial charge in [0.2, 0.25) is 0 Å². The number of carboxylic acids is 1. The minimum absolute atomic E-state index is 0.238. The van der Waals surface area contributed by atoms with Crippen LogP contribution in [0.2, 0.25) is 0 Å². The van der Waals surface area contributed by atoms with Gasteiger partial charge in [-0.15, -0.1) is 14.5 Å². The molecule has 8 nitrogen and oxygen atoms in total. The van der Waals surface area contributed by atoms with E-state index in [-0.39, 0.29) is 10.5 Å². The van der Waals surface area contributed by atoms with Crippen LogP contribution in [0.5, 0.6) is 0 Å². The maximum absolute atomic E-state index is 13.1. The molecule has 4 aromatic rings. The predicted octanol–water partition coefficient (Wildman–Crippen LogP) is 4.92. The molecule has 1 atom stereocenters. The normalized spacial score (nSPS) is 15.6. The quantitative estimate of drug-likeness (QED) is 0.259. The SMILES string of the molecule is O=C(O)c1ccc(CSc2nnc(-c3cccc([S+](=O)([O-])N4CCCC4)c3)n2-c2ccccc2)cc1. The highest BCUT2D eigenvalue weighted by atomic mass is 32.3. The van der Waals surface area contributed by atoms with Crippen LogP contribution in [0.4, 0.5) is 0 Å². The first-order chi connectivity index (χ1) is 17.4. The Balaban J connectivity index is 1.49. The van der Waals surface area contributed by atoms with Crippen molar-refractivity contribution >= 4 is 28.1 Å². The number of carboxylic acid groups (broad SMARTS) is 1. The van der Waals surface area contributed by atoms with E-state index in [1.54, 1.807) is 42.5 Å². The number of thioether (sulfide) groups is 1. The predicted molar refractivity (Wildman–Crippen MR) is 138 cm³/mol. The number of aromatic carboxylic acids is 1. The van der Waals surface area contributed by atoms with Crippen LogP contribution in [0.1, 0.15) is 28.8 Å². The fourth-order valence-electron chi connectivity index (χ4n) is 4.12. The van der Waals surface area contributed by atoms with E-state index < -0.39 is 16.4 Å². The van der Waals surface area contributed by atoms with Gasteiger partial charge in [0, 0.05) is 36.2 Å². The van der Waals surface area contributed by atoms with Gasteiger partial charge in [0.1, 0.15) is 0 Å². The third-order valence-corrected chi connectivity index (χ3v) is 8.91. The molecule has 184 valence electrons. The minimum atomic E-state index is -3.57. The van der Waals surface area contributed by atoms with Crippen molar-refractivity contribution in [3.8, 4) is 17.1 Å². The summed E-state index contributed by atoms with van der Waals surface area (Å²) < 4.78 is 29.7. The minimum Gasteiger partial charge on any atom is -0.593 e. The smallest absolute Gasteiger partial charge is 0.335 e. The summed E-state index contributed by atoms with van der Waals surface area (Å²) in [6.45, 7) is 1.09.